The predicted octanol–water partition coefficient (Wildman–Crippen LogP) is 3.88. The van der Waals surface area contributed by atoms with Crippen molar-refractivity contribution in [2.24, 2.45) is 0 Å². The first-order valence-electron chi connectivity index (χ1n) is 6.76. The van der Waals surface area contributed by atoms with Crippen molar-refractivity contribution in [2.75, 3.05) is 19.0 Å². The first-order chi connectivity index (χ1) is 9.99. The molecule has 3 nitrogen and oxygen atoms in total. The van der Waals surface area contributed by atoms with Crippen molar-refractivity contribution in [3.8, 4) is 0 Å². The van der Waals surface area contributed by atoms with E-state index in [1.165, 1.54) is 0 Å². The second-order valence-corrected chi connectivity index (χ2v) is 6.83. The summed E-state index contributed by atoms with van der Waals surface area (Å²) in [6, 6.07) is 13.4. The number of nitrogens with zero attached hydrogens (tertiary/aromatic N) is 2. The Balaban J connectivity index is 2.01. The molecule has 0 N–H and O–H groups in total. The largest absolute Gasteiger partial charge is 0.314 e. The number of para-hydroxylation sites is 1. The van der Waals surface area contributed by atoms with E-state index in [0.29, 0.717) is 6.54 Å². The lowest BCUT2D eigenvalue weighted by molar-refractivity contribution is -0.122. The quantitative estimate of drug-likeness (QED) is 0.834. The van der Waals surface area contributed by atoms with Crippen molar-refractivity contribution in [3.63, 3.8) is 0 Å². The summed E-state index contributed by atoms with van der Waals surface area (Å²) in [6.45, 7) is 2.64. The summed E-state index contributed by atoms with van der Waals surface area (Å²) in [5, 5.41) is 0. The number of halogens is 1. The van der Waals surface area contributed by atoms with Crippen LogP contribution in [0.5, 0.6) is 0 Å². The number of carbonyl (C=O) groups is 1. The summed E-state index contributed by atoms with van der Waals surface area (Å²) in [5.41, 5.74) is 0.905. The molecule has 1 aromatic heterocycles. The molecule has 21 heavy (non-hydrogen) atoms. The molecule has 5 heteroatoms. The lowest BCUT2D eigenvalue weighted by atomic mass is 10.2. The number of carbonyl (C=O) groups excluding carboxylic acids is 1. The van der Waals surface area contributed by atoms with E-state index in [1.807, 2.05) is 68.4 Å². The number of amides is 1. The molecule has 112 valence electrons. The number of likely N-dealkylation sites (N-methyl/N-ethyl adjacent to an activating group) is 2. The van der Waals surface area contributed by atoms with Crippen molar-refractivity contribution in [3.05, 3.63) is 51.7 Å². The van der Waals surface area contributed by atoms with Gasteiger partial charge < -0.3 is 4.90 Å². The zero-order valence-electron chi connectivity index (χ0n) is 12.4. The van der Waals surface area contributed by atoms with Crippen molar-refractivity contribution >= 4 is 34.5 Å². The number of hydrogen-bond acceptors (Lipinski definition) is 3. The van der Waals surface area contributed by atoms with Crippen molar-refractivity contribution in [2.45, 2.75) is 19.5 Å². The summed E-state index contributed by atoms with van der Waals surface area (Å²) in [4.78, 5) is 17.4. The maximum Gasteiger partial charge on any atom is 0.243 e. The van der Waals surface area contributed by atoms with Crippen LogP contribution in [0.1, 0.15) is 11.8 Å². The van der Waals surface area contributed by atoms with E-state index < -0.39 is 0 Å². The highest BCUT2D eigenvalue weighted by Crippen LogP contribution is 2.23. The number of hydrogen-bond donors (Lipinski definition) is 0. The smallest absolute Gasteiger partial charge is 0.243 e. The van der Waals surface area contributed by atoms with E-state index >= 15 is 0 Å². The van der Waals surface area contributed by atoms with Crippen LogP contribution in [-0.2, 0) is 11.3 Å². The van der Waals surface area contributed by atoms with E-state index in [9.17, 15) is 4.79 Å². The Morgan fingerprint density at radius 2 is 1.86 bits per heavy atom. The van der Waals surface area contributed by atoms with Gasteiger partial charge in [0, 0.05) is 24.2 Å². The maximum absolute atomic E-state index is 12.5. The standard InChI is InChI=1S/C16H19ClN2OS/c1-12(18(2)11-14-9-10-15(17)21-14)16(20)19(3)13-7-5-4-6-8-13/h4-10,12H,11H2,1-3H3. The Hall–Kier alpha value is -1.36. The van der Waals surface area contributed by atoms with Crippen molar-refractivity contribution in [1.29, 1.82) is 0 Å². The topological polar surface area (TPSA) is 23.6 Å². The first-order valence-corrected chi connectivity index (χ1v) is 7.95. The third-order valence-electron chi connectivity index (χ3n) is 3.53. The van der Waals surface area contributed by atoms with Crippen LogP contribution in [0.4, 0.5) is 5.69 Å². The molecule has 2 aromatic rings. The molecule has 0 saturated heterocycles. The molecule has 0 spiro atoms. The maximum atomic E-state index is 12.5. The average Bonchev–Trinajstić information content (AvgIpc) is 2.90. The molecule has 0 aliphatic heterocycles. The summed E-state index contributed by atoms with van der Waals surface area (Å²) in [6.07, 6.45) is 0. The normalized spacial score (nSPS) is 12.4. The van der Waals surface area contributed by atoms with Crippen LogP contribution >= 0.6 is 22.9 Å². The van der Waals surface area contributed by atoms with Gasteiger partial charge in [0.25, 0.3) is 0 Å². The second-order valence-electron chi connectivity index (χ2n) is 5.03. The van der Waals surface area contributed by atoms with E-state index in [2.05, 4.69) is 0 Å². The van der Waals surface area contributed by atoms with Gasteiger partial charge in [-0.25, -0.2) is 0 Å². The molecule has 0 saturated carbocycles. The number of thiophene rings is 1. The molecule has 1 aromatic carbocycles. The SMILES string of the molecule is CC(C(=O)N(C)c1ccccc1)N(C)Cc1ccc(Cl)s1. The summed E-state index contributed by atoms with van der Waals surface area (Å²) >= 11 is 7.49. The molecule has 1 amide bonds. The highest BCUT2D eigenvalue weighted by Gasteiger charge is 2.22. The Bertz CT molecular complexity index is 599. The molecule has 1 heterocycles. The van der Waals surface area contributed by atoms with Crippen LogP contribution in [0, 0.1) is 0 Å². The van der Waals surface area contributed by atoms with Gasteiger partial charge in [0.15, 0.2) is 0 Å². The number of anilines is 1. The third-order valence-corrected chi connectivity index (χ3v) is 4.74. The molecule has 0 fully saturated rings. The molecule has 0 radical (unpaired) electrons. The Morgan fingerprint density at radius 1 is 1.19 bits per heavy atom. The van der Waals surface area contributed by atoms with Gasteiger partial charge in [-0.05, 0) is 38.2 Å². The van der Waals surface area contributed by atoms with Crippen LogP contribution < -0.4 is 4.90 Å². The molecular formula is C16H19ClN2OS. The van der Waals surface area contributed by atoms with Gasteiger partial charge in [0.1, 0.15) is 0 Å². The molecule has 0 aliphatic carbocycles. The molecule has 0 aliphatic rings. The lowest BCUT2D eigenvalue weighted by Crippen LogP contribution is -2.43. The molecule has 0 bridgehead atoms. The van der Waals surface area contributed by atoms with Crippen molar-refractivity contribution < 1.29 is 4.79 Å². The average molecular weight is 323 g/mol. The summed E-state index contributed by atoms with van der Waals surface area (Å²) in [5.74, 6) is 0.0753. The Labute approximate surface area is 134 Å². The van der Waals surface area contributed by atoms with Gasteiger partial charge in [-0.3, -0.25) is 9.69 Å². The van der Waals surface area contributed by atoms with Crippen LogP contribution in [0.2, 0.25) is 4.34 Å². The number of benzene rings is 1. The van der Waals surface area contributed by atoms with Crippen LogP contribution in [0.25, 0.3) is 0 Å². The van der Waals surface area contributed by atoms with Gasteiger partial charge >= 0.3 is 0 Å². The first kappa shape index (κ1) is 16.0. The van der Waals surface area contributed by atoms with Crippen molar-refractivity contribution in [1.82, 2.24) is 4.90 Å². The Morgan fingerprint density at radius 3 is 2.43 bits per heavy atom. The fourth-order valence-electron chi connectivity index (χ4n) is 2.07. The lowest BCUT2D eigenvalue weighted by Gasteiger charge is -2.27. The molecule has 1 atom stereocenters. The minimum atomic E-state index is -0.198. The van der Waals surface area contributed by atoms with Crippen LogP contribution in [0.3, 0.4) is 0 Å². The van der Waals surface area contributed by atoms with Gasteiger partial charge in [-0.2, -0.15) is 0 Å². The predicted molar refractivity (Wildman–Crippen MR) is 90.1 cm³/mol. The second kappa shape index (κ2) is 7.07. The monoisotopic (exact) mass is 322 g/mol. The highest BCUT2D eigenvalue weighted by atomic mass is 35.5. The van der Waals surface area contributed by atoms with Crippen LogP contribution in [0.15, 0.2) is 42.5 Å². The zero-order valence-corrected chi connectivity index (χ0v) is 14.0. The van der Waals surface area contributed by atoms with E-state index in [1.54, 1.807) is 16.2 Å². The van der Waals surface area contributed by atoms with E-state index in [4.69, 9.17) is 11.6 Å². The van der Waals surface area contributed by atoms with Crippen LogP contribution in [-0.4, -0.2) is 30.9 Å². The fourth-order valence-corrected chi connectivity index (χ4v) is 3.22. The highest BCUT2D eigenvalue weighted by molar-refractivity contribution is 7.16. The summed E-state index contributed by atoms with van der Waals surface area (Å²) in [7, 11) is 3.76. The van der Waals surface area contributed by atoms with Gasteiger partial charge in [-0.15, -0.1) is 11.3 Å². The third kappa shape index (κ3) is 4.06. The fraction of sp³-hybridized carbons (Fsp3) is 0.312. The van der Waals surface area contributed by atoms with Gasteiger partial charge in [0.2, 0.25) is 5.91 Å². The number of rotatable bonds is 5. The summed E-state index contributed by atoms with van der Waals surface area (Å²) < 4.78 is 0.777. The zero-order chi connectivity index (χ0) is 15.4. The van der Waals surface area contributed by atoms with E-state index in [-0.39, 0.29) is 11.9 Å². The minimum Gasteiger partial charge on any atom is -0.314 e. The van der Waals surface area contributed by atoms with Gasteiger partial charge in [-0.1, -0.05) is 29.8 Å². The minimum absolute atomic E-state index is 0.0753. The van der Waals surface area contributed by atoms with Gasteiger partial charge in [0.05, 0.1) is 10.4 Å². The Kier molecular flexibility index (Phi) is 5.39. The molecule has 1 unspecified atom stereocenters. The molecular weight excluding hydrogens is 304 g/mol. The van der Waals surface area contributed by atoms with E-state index in [0.717, 1.165) is 14.9 Å². The molecule has 2 rings (SSSR count).